The van der Waals surface area contributed by atoms with Gasteiger partial charge in [0.25, 0.3) is 5.56 Å². The van der Waals surface area contributed by atoms with E-state index in [1.807, 2.05) is 0 Å². The molecule has 0 fully saturated rings. The number of hydrogen-bond acceptors (Lipinski definition) is 5. The number of ether oxygens (including phenoxy) is 1. The van der Waals surface area contributed by atoms with Crippen LogP contribution in [0.15, 0.2) is 35.3 Å². The zero-order chi connectivity index (χ0) is 21.6. The van der Waals surface area contributed by atoms with Crippen molar-refractivity contribution < 1.29 is 19.0 Å². The van der Waals surface area contributed by atoms with E-state index >= 15 is 0 Å². The third-order valence-corrected chi connectivity index (χ3v) is 6.01. The van der Waals surface area contributed by atoms with Crippen molar-refractivity contribution in [2.75, 3.05) is 0 Å². The molecule has 6 nitrogen and oxygen atoms in total. The first kappa shape index (κ1) is 20.8. The van der Waals surface area contributed by atoms with Crippen molar-refractivity contribution in [3.63, 3.8) is 0 Å². The summed E-state index contributed by atoms with van der Waals surface area (Å²) in [6.45, 7) is 1.58. The van der Waals surface area contributed by atoms with Crippen LogP contribution >= 0.6 is 23.2 Å². The van der Waals surface area contributed by atoms with Crippen LogP contribution in [0.4, 0.5) is 4.39 Å². The van der Waals surface area contributed by atoms with Gasteiger partial charge in [0.05, 0.1) is 29.1 Å². The van der Waals surface area contributed by atoms with Gasteiger partial charge in [-0.1, -0.05) is 30.1 Å². The van der Waals surface area contributed by atoms with Crippen LogP contribution in [0.1, 0.15) is 36.5 Å². The Morgan fingerprint density at radius 3 is 2.80 bits per heavy atom. The van der Waals surface area contributed by atoms with Crippen LogP contribution in [-0.4, -0.2) is 20.6 Å². The van der Waals surface area contributed by atoms with Crippen LogP contribution in [0.25, 0.3) is 10.9 Å². The molecule has 3 heterocycles. The van der Waals surface area contributed by atoms with Crippen LogP contribution in [0, 0.1) is 5.82 Å². The summed E-state index contributed by atoms with van der Waals surface area (Å²) in [7, 11) is 0. The Morgan fingerprint density at radius 2 is 2.07 bits per heavy atom. The molecular weight excluding hydrogens is 434 g/mol. The maximum Gasteiger partial charge on any atom is 0.309 e. The van der Waals surface area contributed by atoms with Gasteiger partial charge in [0, 0.05) is 17.1 Å². The number of cyclic esters (lactones) is 1. The topological polar surface area (TPSA) is 81.4 Å². The molecule has 0 saturated heterocycles. The van der Waals surface area contributed by atoms with E-state index in [2.05, 4.69) is 4.98 Å². The molecule has 1 aliphatic rings. The number of nitrogens with zero attached hydrogens (tertiary/aromatic N) is 2. The summed E-state index contributed by atoms with van der Waals surface area (Å²) >= 11 is 12.1. The van der Waals surface area contributed by atoms with E-state index in [1.54, 1.807) is 19.1 Å². The van der Waals surface area contributed by atoms with Crippen molar-refractivity contribution >= 4 is 40.1 Å². The number of fused-ring (bicyclic) bond motifs is 2. The molecule has 156 valence electrons. The van der Waals surface area contributed by atoms with Gasteiger partial charge in [0.15, 0.2) is 0 Å². The number of hydrogen-bond donors (Lipinski definition) is 1. The fourth-order valence-electron chi connectivity index (χ4n) is 3.66. The molecule has 0 amide bonds. The summed E-state index contributed by atoms with van der Waals surface area (Å²) in [5.41, 5.74) is -0.326. The number of rotatable bonds is 3. The lowest BCUT2D eigenvalue weighted by atomic mass is 9.86. The Bertz CT molecular complexity index is 1240. The summed E-state index contributed by atoms with van der Waals surface area (Å²) < 4.78 is 20.3. The standard InChI is InChI=1S/C21H17Cl2FN2O4/c1-2-21(29)8-18(27)30-10-13-14(21)3-4-26(20(13)28)9-12-5-11-6-16(24)15(22)7-17(11)25-19(12)23/h3-7,29H,2,8-10H2,1H3. The molecule has 1 unspecified atom stereocenters. The smallest absolute Gasteiger partial charge is 0.309 e. The highest BCUT2D eigenvalue weighted by Gasteiger charge is 2.37. The number of carbonyl (C=O) groups is 1. The van der Waals surface area contributed by atoms with Gasteiger partial charge in [0.1, 0.15) is 23.2 Å². The lowest BCUT2D eigenvalue weighted by molar-refractivity contribution is -0.149. The van der Waals surface area contributed by atoms with E-state index in [0.717, 1.165) is 0 Å². The molecule has 0 saturated carbocycles. The third kappa shape index (κ3) is 3.57. The second-order valence-corrected chi connectivity index (χ2v) is 8.03. The van der Waals surface area contributed by atoms with Crippen LogP contribution in [0.2, 0.25) is 10.2 Å². The average molecular weight is 451 g/mol. The summed E-state index contributed by atoms with van der Waals surface area (Å²) in [5, 5.41) is 11.5. The number of pyridine rings is 2. The van der Waals surface area contributed by atoms with Crippen molar-refractivity contribution in [3.8, 4) is 0 Å². The minimum Gasteiger partial charge on any atom is -0.460 e. The van der Waals surface area contributed by atoms with Crippen molar-refractivity contribution in [1.82, 2.24) is 9.55 Å². The first-order valence-electron chi connectivity index (χ1n) is 9.27. The van der Waals surface area contributed by atoms with E-state index in [1.165, 1.54) is 22.9 Å². The Labute approximate surface area is 180 Å². The number of aliphatic hydroxyl groups is 1. The highest BCUT2D eigenvalue weighted by Crippen LogP contribution is 2.33. The minimum atomic E-state index is -1.46. The SMILES string of the molecule is CCC1(O)CC(=O)OCc2c1ccn(Cc1cc3cc(F)c(Cl)cc3nc1Cl)c2=O. The van der Waals surface area contributed by atoms with E-state index in [9.17, 15) is 19.1 Å². The zero-order valence-electron chi connectivity index (χ0n) is 15.9. The molecule has 9 heteroatoms. The number of esters is 1. The fraction of sp³-hybridized carbons (Fsp3) is 0.286. The number of aromatic nitrogens is 2. The molecule has 0 spiro atoms. The molecule has 0 aliphatic carbocycles. The number of benzene rings is 1. The lowest BCUT2D eigenvalue weighted by Gasteiger charge is -2.25. The van der Waals surface area contributed by atoms with Gasteiger partial charge in [0.2, 0.25) is 0 Å². The normalized spacial score (nSPS) is 18.8. The average Bonchev–Trinajstić information content (AvgIpc) is 2.83. The molecule has 0 bridgehead atoms. The summed E-state index contributed by atoms with van der Waals surface area (Å²) in [4.78, 5) is 29.2. The maximum absolute atomic E-state index is 13.8. The highest BCUT2D eigenvalue weighted by molar-refractivity contribution is 6.32. The van der Waals surface area contributed by atoms with Gasteiger partial charge in [-0.25, -0.2) is 9.37 Å². The van der Waals surface area contributed by atoms with E-state index in [0.29, 0.717) is 22.0 Å². The van der Waals surface area contributed by atoms with E-state index in [-0.39, 0.29) is 41.7 Å². The third-order valence-electron chi connectivity index (χ3n) is 5.39. The second kappa shape index (κ2) is 7.65. The maximum atomic E-state index is 13.8. The molecule has 30 heavy (non-hydrogen) atoms. The van der Waals surface area contributed by atoms with Gasteiger partial charge in [-0.2, -0.15) is 0 Å². The molecule has 4 rings (SSSR count). The van der Waals surface area contributed by atoms with Gasteiger partial charge in [-0.05, 0) is 36.2 Å². The van der Waals surface area contributed by atoms with Gasteiger partial charge < -0.3 is 14.4 Å². The molecule has 3 aromatic rings. The quantitative estimate of drug-likeness (QED) is 0.482. The van der Waals surface area contributed by atoms with Crippen LogP contribution in [0.3, 0.4) is 0 Å². The minimum absolute atomic E-state index is 0.0567. The first-order valence-corrected chi connectivity index (χ1v) is 10.0. The molecule has 2 aromatic heterocycles. The van der Waals surface area contributed by atoms with Gasteiger partial charge in [-0.15, -0.1) is 0 Å². The summed E-state index contributed by atoms with van der Waals surface area (Å²) in [6, 6.07) is 5.90. The molecular formula is C21H17Cl2FN2O4. The van der Waals surface area contributed by atoms with Crippen LogP contribution < -0.4 is 5.56 Å². The number of carbonyl (C=O) groups excluding carboxylic acids is 1. The van der Waals surface area contributed by atoms with Gasteiger partial charge >= 0.3 is 5.97 Å². The summed E-state index contributed by atoms with van der Waals surface area (Å²) in [5.74, 6) is -1.15. The van der Waals surface area contributed by atoms with Crippen molar-refractivity contribution in [1.29, 1.82) is 0 Å². The highest BCUT2D eigenvalue weighted by atomic mass is 35.5. The Morgan fingerprint density at radius 1 is 1.30 bits per heavy atom. The Hall–Kier alpha value is -2.48. The Balaban J connectivity index is 1.78. The Kier molecular flexibility index (Phi) is 5.30. The number of halogens is 3. The monoisotopic (exact) mass is 450 g/mol. The van der Waals surface area contributed by atoms with Crippen molar-refractivity contribution in [2.24, 2.45) is 0 Å². The van der Waals surface area contributed by atoms with Crippen molar-refractivity contribution in [3.05, 3.63) is 73.5 Å². The fourth-order valence-corrected chi connectivity index (χ4v) is 4.02. The van der Waals surface area contributed by atoms with E-state index in [4.69, 9.17) is 27.9 Å². The molecule has 1 atom stereocenters. The molecule has 1 aromatic carbocycles. The predicted octanol–water partition coefficient (Wildman–Crippen LogP) is 3.94. The lowest BCUT2D eigenvalue weighted by Crippen LogP contribution is -2.32. The molecule has 1 N–H and O–H groups in total. The second-order valence-electron chi connectivity index (χ2n) is 7.26. The molecule has 1 aliphatic heterocycles. The van der Waals surface area contributed by atoms with Crippen LogP contribution in [0.5, 0.6) is 0 Å². The predicted molar refractivity (Wildman–Crippen MR) is 110 cm³/mol. The zero-order valence-corrected chi connectivity index (χ0v) is 17.4. The largest absolute Gasteiger partial charge is 0.460 e. The van der Waals surface area contributed by atoms with Crippen LogP contribution in [-0.2, 0) is 28.3 Å². The van der Waals surface area contributed by atoms with Crippen molar-refractivity contribution in [2.45, 2.75) is 38.5 Å². The summed E-state index contributed by atoms with van der Waals surface area (Å²) in [6.07, 6.45) is 1.57. The van der Waals surface area contributed by atoms with Gasteiger partial charge in [-0.3, -0.25) is 9.59 Å². The first-order chi connectivity index (χ1) is 14.2. The molecule has 0 radical (unpaired) electrons. The van der Waals surface area contributed by atoms with E-state index < -0.39 is 22.9 Å².